The number of aryl methyl sites for hydroxylation is 1. The van der Waals surface area contributed by atoms with Gasteiger partial charge in [-0.2, -0.15) is 4.98 Å². The van der Waals surface area contributed by atoms with Gasteiger partial charge in [0.1, 0.15) is 0 Å². The molecule has 0 atom stereocenters. The lowest BCUT2D eigenvalue weighted by atomic mass is 10.2. The number of piperazine rings is 1. The Kier molecular flexibility index (Phi) is 5.71. The zero-order valence-corrected chi connectivity index (χ0v) is 18.3. The molecule has 1 N–H and O–H groups in total. The number of imidazole rings is 1. The minimum Gasteiger partial charge on any atom is -0.340 e. The number of H-pyrrole nitrogens is 1. The molecule has 9 heteroatoms. The number of nitrogens with zero attached hydrogens (tertiary/aromatic N) is 5. The standard InChI is InChI=1S/C21H27ClN6O2/c1-14(2)12-28-17-18(25(3)21(30)24-19(17)29)23-20(28)27-9-7-26(8-10-27)13-15-5-4-6-16(22)11-15/h4-6,11,14H,7-10,12-13H2,1-3H3,(H,24,29,30). The van der Waals surface area contributed by atoms with Crippen molar-refractivity contribution in [1.82, 2.24) is 24.0 Å². The van der Waals surface area contributed by atoms with Crippen LogP contribution in [-0.4, -0.2) is 50.2 Å². The van der Waals surface area contributed by atoms with E-state index in [9.17, 15) is 9.59 Å². The van der Waals surface area contributed by atoms with Gasteiger partial charge in [0.25, 0.3) is 5.56 Å². The summed E-state index contributed by atoms with van der Waals surface area (Å²) in [6.07, 6.45) is 0. The molecule has 2 aromatic heterocycles. The Morgan fingerprint density at radius 1 is 1.17 bits per heavy atom. The van der Waals surface area contributed by atoms with Crippen LogP contribution < -0.4 is 16.1 Å². The van der Waals surface area contributed by atoms with Crippen LogP contribution in [0.5, 0.6) is 0 Å². The molecule has 0 amide bonds. The molecule has 0 unspecified atom stereocenters. The minimum atomic E-state index is -0.445. The highest BCUT2D eigenvalue weighted by molar-refractivity contribution is 6.30. The van der Waals surface area contributed by atoms with Crippen molar-refractivity contribution in [3.63, 3.8) is 0 Å². The Morgan fingerprint density at radius 2 is 1.90 bits per heavy atom. The third-order valence-electron chi connectivity index (χ3n) is 5.48. The van der Waals surface area contributed by atoms with Gasteiger partial charge in [-0.3, -0.25) is 19.2 Å². The number of fused-ring (bicyclic) bond motifs is 1. The molecule has 0 radical (unpaired) electrons. The van der Waals surface area contributed by atoms with Gasteiger partial charge in [-0.1, -0.05) is 37.6 Å². The van der Waals surface area contributed by atoms with Crippen LogP contribution in [0.3, 0.4) is 0 Å². The van der Waals surface area contributed by atoms with Gasteiger partial charge in [0.05, 0.1) is 0 Å². The molecular formula is C21H27ClN6O2. The second-order valence-corrected chi connectivity index (χ2v) is 8.74. The quantitative estimate of drug-likeness (QED) is 0.670. The number of aromatic amines is 1. The number of hydrogen-bond donors (Lipinski definition) is 1. The summed E-state index contributed by atoms with van der Waals surface area (Å²) < 4.78 is 3.37. The van der Waals surface area contributed by atoms with Crippen LogP contribution in [-0.2, 0) is 20.1 Å². The molecule has 1 aliphatic rings. The van der Waals surface area contributed by atoms with Crippen LogP contribution in [0.1, 0.15) is 19.4 Å². The highest BCUT2D eigenvalue weighted by Gasteiger charge is 2.25. The molecule has 0 aliphatic carbocycles. The number of anilines is 1. The van der Waals surface area contributed by atoms with Crippen molar-refractivity contribution in [3.05, 3.63) is 55.7 Å². The molecule has 0 bridgehead atoms. The molecule has 1 aromatic carbocycles. The van der Waals surface area contributed by atoms with Gasteiger partial charge in [-0.15, -0.1) is 0 Å². The molecule has 0 spiro atoms. The van der Waals surface area contributed by atoms with Crippen molar-refractivity contribution >= 4 is 28.7 Å². The third kappa shape index (κ3) is 4.02. The Hall–Kier alpha value is -2.58. The fraction of sp³-hybridized carbons (Fsp3) is 0.476. The summed E-state index contributed by atoms with van der Waals surface area (Å²) >= 11 is 6.11. The Balaban J connectivity index is 1.60. The number of hydrogen-bond acceptors (Lipinski definition) is 5. The van der Waals surface area contributed by atoms with Crippen LogP contribution >= 0.6 is 11.6 Å². The predicted octanol–water partition coefficient (Wildman–Crippen LogP) is 2.05. The van der Waals surface area contributed by atoms with Crippen molar-refractivity contribution in [2.24, 2.45) is 13.0 Å². The van der Waals surface area contributed by atoms with Crippen molar-refractivity contribution in [3.8, 4) is 0 Å². The van der Waals surface area contributed by atoms with E-state index in [1.165, 1.54) is 10.1 Å². The molecule has 0 saturated carbocycles. The first kappa shape index (κ1) is 20.7. The number of rotatable bonds is 5. The summed E-state index contributed by atoms with van der Waals surface area (Å²) in [4.78, 5) is 36.3. The van der Waals surface area contributed by atoms with Gasteiger partial charge in [0, 0.05) is 51.3 Å². The molecule has 4 rings (SSSR count). The van der Waals surface area contributed by atoms with E-state index in [1.807, 2.05) is 22.8 Å². The number of nitrogens with one attached hydrogen (secondary N) is 1. The highest BCUT2D eigenvalue weighted by atomic mass is 35.5. The number of benzene rings is 1. The SMILES string of the molecule is CC(C)Cn1c(N2CCN(Cc3cccc(Cl)c3)CC2)nc2c1c(=O)[nH]c(=O)n2C. The van der Waals surface area contributed by atoms with E-state index < -0.39 is 5.69 Å². The maximum absolute atomic E-state index is 12.6. The summed E-state index contributed by atoms with van der Waals surface area (Å²) in [6, 6.07) is 7.96. The normalized spacial score (nSPS) is 15.4. The fourth-order valence-corrected chi connectivity index (χ4v) is 4.21. The van der Waals surface area contributed by atoms with Gasteiger partial charge in [-0.25, -0.2) is 4.79 Å². The average Bonchev–Trinajstić information content (AvgIpc) is 3.06. The Morgan fingerprint density at radius 3 is 2.57 bits per heavy atom. The molecule has 30 heavy (non-hydrogen) atoms. The molecule has 8 nitrogen and oxygen atoms in total. The summed E-state index contributed by atoms with van der Waals surface area (Å²) in [7, 11) is 1.64. The van der Waals surface area contributed by atoms with Crippen LogP contribution in [0.25, 0.3) is 11.2 Å². The summed E-state index contributed by atoms with van der Waals surface area (Å²) in [6.45, 7) is 9.09. The van der Waals surface area contributed by atoms with Crippen molar-refractivity contribution in [2.75, 3.05) is 31.1 Å². The molecule has 1 fully saturated rings. The second kappa shape index (κ2) is 8.28. The fourth-order valence-electron chi connectivity index (χ4n) is 4.00. The average molecular weight is 431 g/mol. The summed E-state index contributed by atoms with van der Waals surface area (Å²) in [5, 5.41) is 0.754. The number of aromatic nitrogens is 4. The maximum Gasteiger partial charge on any atom is 0.329 e. The molecular weight excluding hydrogens is 404 g/mol. The monoisotopic (exact) mass is 430 g/mol. The largest absolute Gasteiger partial charge is 0.340 e. The van der Waals surface area contributed by atoms with Crippen molar-refractivity contribution in [2.45, 2.75) is 26.9 Å². The van der Waals surface area contributed by atoms with Crippen molar-refractivity contribution < 1.29 is 0 Å². The molecule has 3 heterocycles. The zero-order valence-electron chi connectivity index (χ0n) is 17.6. The first-order chi connectivity index (χ1) is 14.3. The van der Waals surface area contributed by atoms with Gasteiger partial charge >= 0.3 is 5.69 Å². The van der Waals surface area contributed by atoms with E-state index in [-0.39, 0.29) is 5.56 Å². The maximum atomic E-state index is 12.6. The summed E-state index contributed by atoms with van der Waals surface area (Å²) in [5.74, 6) is 1.09. The number of halogens is 1. The first-order valence-corrected chi connectivity index (χ1v) is 10.6. The van der Waals surface area contributed by atoms with E-state index in [0.717, 1.165) is 43.7 Å². The van der Waals surface area contributed by atoms with Crippen LogP contribution in [0.4, 0.5) is 5.95 Å². The van der Waals surface area contributed by atoms with Gasteiger partial charge < -0.3 is 9.47 Å². The third-order valence-corrected chi connectivity index (χ3v) is 5.72. The smallest absolute Gasteiger partial charge is 0.329 e. The lowest BCUT2D eigenvalue weighted by Crippen LogP contribution is -2.47. The van der Waals surface area contributed by atoms with Gasteiger partial charge in [0.2, 0.25) is 5.95 Å². The van der Waals surface area contributed by atoms with E-state index in [1.54, 1.807) is 7.05 Å². The van der Waals surface area contributed by atoms with E-state index in [0.29, 0.717) is 23.6 Å². The molecule has 160 valence electrons. The lowest BCUT2D eigenvalue weighted by Gasteiger charge is -2.35. The highest BCUT2D eigenvalue weighted by Crippen LogP contribution is 2.23. The van der Waals surface area contributed by atoms with Gasteiger partial charge in [0.15, 0.2) is 11.2 Å². The first-order valence-electron chi connectivity index (χ1n) is 10.2. The molecule has 1 saturated heterocycles. The Labute approximate surface area is 179 Å². The predicted molar refractivity (Wildman–Crippen MR) is 119 cm³/mol. The molecule has 1 aliphatic heterocycles. The van der Waals surface area contributed by atoms with Crippen molar-refractivity contribution in [1.29, 1.82) is 0 Å². The Bertz CT molecular complexity index is 1170. The van der Waals surface area contributed by atoms with E-state index in [2.05, 4.69) is 34.7 Å². The van der Waals surface area contributed by atoms with Gasteiger partial charge in [-0.05, 0) is 23.6 Å². The zero-order chi connectivity index (χ0) is 21.4. The second-order valence-electron chi connectivity index (χ2n) is 8.30. The molecule has 3 aromatic rings. The topological polar surface area (TPSA) is 79.2 Å². The van der Waals surface area contributed by atoms with E-state index in [4.69, 9.17) is 16.6 Å². The minimum absolute atomic E-state index is 0.335. The summed E-state index contributed by atoms with van der Waals surface area (Å²) in [5.41, 5.74) is 1.26. The van der Waals surface area contributed by atoms with Crippen LogP contribution in [0.2, 0.25) is 5.02 Å². The van der Waals surface area contributed by atoms with Crippen LogP contribution in [0.15, 0.2) is 33.9 Å². The lowest BCUT2D eigenvalue weighted by molar-refractivity contribution is 0.248. The van der Waals surface area contributed by atoms with E-state index >= 15 is 0 Å². The van der Waals surface area contributed by atoms with Crippen LogP contribution in [0, 0.1) is 5.92 Å².